The lowest BCUT2D eigenvalue weighted by Gasteiger charge is -2.25. The molecule has 0 spiro atoms. The van der Waals surface area contributed by atoms with Gasteiger partial charge in [-0.05, 0) is 50.7 Å². The number of halogens is 4. The fourth-order valence-corrected chi connectivity index (χ4v) is 6.28. The molecule has 1 unspecified atom stereocenters. The Balaban J connectivity index is 1.66. The number of carboxylic acid groups (broad SMARTS) is 1. The molecule has 0 radical (unpaired) electrons. The summed E-state index contributed by atoms with van der Waals surface area (Å²) in [6, 6.07) is 23.6. The Hall–Kier alpha value is -4.60. The number of carboxylic acids is 1. The van der Waals surface area contributed by atoms with Crippen molar-refractivity contribution in [2.75, 3.05) is 11.4 Å². The number of pyridine rings is 1. The zero-order chi connectivity index (χ0) is 31.2. The number of aliphatic hydroxyl groups is 1. The van der Waals surface area contributed by atoms with E-state index in [1.54, 1.807) is 17.0 Å². The zero-order valence-electron chi connectivity index (χ0n) is 23.2. The van der Waals surface area contributed by atoms with Crippen molar-refractivity contribution in [2.24, 2.45) is 0 Å². The first-order valence-electron chi connectivity index (χ1n) is 13.8. The van der Waals surface area contributed by atoms with Gasteiger partial charge in [-0.1, -0.05) is 90.5 Å². The molecule has 1 aromatic heterocycles. The Labute approximate surface area is 255 Å². The molecule has 0 fully saturated rings. The number of carbonyl (C=O) groups is 1. The Morgan fingerprint density at radius 2 is 1.57 bits per heavy atom. The highest BCUT2D eigenvalue weighted by Crippen LogP contribution is 2.44. The van der Waals surface area contributed by atoms with Crippen molar-refractivity contribution in [2.45, 2.75) is 31.8 Å². The second-order valence-electron chi connectivity index (χ2n) is 10.7. The van der Waals surface area contributed by atoms with Crippen LogP contribution in [0.5, 0.6) is 0 Å². The van der Waals surface area contributed by atoms with Crippen molar-refractivity contribution in [1.29, 1.82) is 0 Å². The first kappa shape index (κ1) is 29.5. The zero-order valence-corrected chi connectivity index (χ0v) is 23.9. The fourth-order valence-electron chi connectivity index (χ4n) is 6.03. The third-order valence-corrected chi connectivity index (χ3v) is 8.44. The number of aromatic nitrogens is 1. The van der Waals surface area contributed by atoms with Crippen LogP contribution in [0.2, 0.25) is 5.02 Å². The molecule has 0 aliphatic carbocycles. The second kappa shape index (κ2) is 11.5. The maximum absolute atomic E-state index is 13.9. The number of rotatable bonds is 7. The van der Waals surface area contributed by atoms with Gasteiger partial charge in [0.15, 0.2) is 6.04 Å². The van der Waals surface area contributed by atoms with E-state index in [-0.39, 0.29) is 53.6 Å². The predicted molar refractivity (Wildman–Crippen MR) is 163 cm³/mol. The number of nitrogens with zero attached hydrogens (tertiary/aromatic N) is 2. The van der Waals surface area contributed by atoms with Crippen LogP contribution in [0.15, 0.2) is 95.8 Å². The average molecular weight is 619 g/mol. The summed E-state index contributed by atoms with van der Waals surface area (Å²) in [5, 5.41) is 21.4. The van der Waals surface area contributed by atoms with Crippen molar-refractivity contribution in [3.05, 3.63) is 134 Å². The van der Waals surface area contributed by atoms with E-state index in [2.05, 4.69) is 0 Å². The molecular weight excluding hydrogens is 593 g/mol. The highest BCUT2D eigenvalue weighted by atomic mass is 35.5. The van der Waals surface area contributed by atoms with Gasteiger partial charge in [0, 0.05) is 18.5 Å². The lowest BCUT2D eigenvalue weighted by Crippen LogP contribution is -2.29. The van der Waals surface area contributed by atoms with Crippen LogP contribution in [0.1, 0.15) is 33.9 Å². The molecule has 0 saturated heterocycles. The molecule has 2 heterocycles. The van der Waals surface area contributed by atoms with Gasteiger partial charge in [-0.25, -0.2) is 4.79 Å². The smallest absolute Gasteiger partial charge is 0.416 e. The van der Waals surface area contributed by atoms with Crippen molar-refractivity contribution in [3.63, 3.8) is 0 Å². The van der Waals surface area contributed by atoms with E-state index in [1.807, 2.05) is 54.6 Å². The number of hydrogen-bond acceptors (Lipinski definition) is 4. The highest BCUT2D eigenvalue weighted by molar-refractivity contribution is 6.32. The van der Waals surface area contributed by atoms with Crippen molar-refractivity contribution in [1.82, 2.24) is 4.57 Å². The summed E-state index contributed by atoms with van der Waals surface area (Å²) in [5.74, 6) is -1.06. The number of alkyl halides is 3. The van der Waals surface area contributed by atoms with Crippen LogP contribution in [-0.4, -0.2) is 27.3 Å². The molecule has 4 aromatic carbocycles. The summed E-state index contributed by atoms with van der Waals surface area (Å²) in [5.41, 5.74) is 1.34. The fraction of sp³-hybridized carbons (Fsp3) is 0.176. The SMILES string of the molecule is O=C(O)C1CN(Cc2ccccc2)c2c(-c3cccc(C(F)(F)F)c3)c(Cc3ccc(CO)c4ccccc34)c(Cl)c(=O)n21. The minimum Gasteiger partial charge on any atom is -0.480 e. The Morgan fingerprint density at radius 3 is 2.23 bits per heavy atom. The predicted octanol–water partition coefficient (Wildman–Crippen LogP) is 7.07. The standard InChI is InChI=1S/C34H26ClF3N2O4/c35-30-27(16-21-13-14-23(19-41)26-12-5-4-11-25(21)26)29(22-9-6-10-24(15-22)34(36,37)38)31-39(17-20-7-2-1-3-8-20)18-28(33(43)44)40(31)32(30)42/h1-15,28,41H,16-19H2,(H,43,44). The minimum absolute atomic E-state index is 0.0661. The van der Waals surface area contributed by atoms with Gasteiger partial charge in [0.1, 0.15) is 10.8 Å². The first-order valence-corrected chi connectivity index (χ1v) is 14.2. The molecule has 1 aliphatic heterocycles. The minimum atomic E-state index is -4.64. The van der Waals surface area contributed by atoms with Crippen LogP contribution in [0.3, 0.4) is 0 Å². The van der Waals surface area contributed by atoms with E-state index >= 15 is 0 Å². The monoisotopic (exact) mass is 618 g/mol. The van der Waals surface area contributed by atoms with Crippen LogP contribution in [0.25, 0.3) is 21.9 Å². The summed E-state index contributed by atoms with van der Waals surface area (Å²) >= 11 is 6.79. The quantitative estimate of drug-likeness (QED) is 0.204. The molecule has 0 amide bonds. The van der Waals surface area contributed by atoms with Gasteiger partial charge < -0.3 is 15.1 Å². The first-order chi connectivity index (χ1) is 21.1. The third-order valence-electron chi connectivity index (χ3n) is 8.05. The molecule has 6 nitrogen and oxygen atoms in total. The number of anilines is 1. The van der Waals surface area contributed by atoms with Gasteiger partial charge in [-0.15, -0.1) is 0 Å². The Morgan fingerprint density at radius 1 is 0.909 bits per heavy atom. The van der Waals surface area contributed by atoms with Gasteiger partial charge in [0.25, 0.3) is 5.56 Å². The molecule has 6 rings (SSSR count). The summed E-state index contributed by atoms with van der Waals surface area (Å²) < 4.78 is 42.9. The third kappa shape index (κ3) is 5.22. The van der Waals surface area contributed by atoms with Gasteiger partial charge in [0.05, 0.1) is 18.7 Å². The molecule has 0 saturated carbocycles. The van der Waals surface area contributed by atoms with Gasteiger partial charge in [-0.2, -0.15) is 13.2 Å². The topological polar surface area (TPSA) is 82.8 Å². The van der Waals surface area contributed by atoms with E-state index in [0.29, 0.717) is 5.56 Å². The molecule has 2 N–H and O–H groups in total. The van der Waals surface area contributed by atoms with Crippen LogP contribution < -0.4 is 10.5 Å². The number of aliphatic hydroxyl groups excluding tert-OH is 1. The van der Waals surface area contributed by atoms with Crippen molar-refractivity contribution >= 4 is 34.2 Å². The van der Waals surface area contributed by atoms with Gasteiger partial charge >= 0.3 is 12.1 Å². The van der Waals surface area contributed by atoms with E-state index < -0.39 is 29.3 Å². The van der Waals surface area contributed by atoms with Crippen molar-refractivity contribution < 1.29 is 28.2 Å². The summed E-state index contributed by atoms with van der Waals surface area (Å²) in [7, 11) is 0. The molecule has 44 heavy (non-hydrogen) atoms. The molecule has 10 heteroatoms. The molecule has 5 aromatic rings. The number of hydrogen-bond donors (Lipinski definition) is 2. The molecule has 224 valence electrons. The number of benzene rings is 4. The van der Waals surface area contributed by atoms with E-state index in [1.165, 1.54) is 12.1 Å². The molecular formula is C34H26ClF3N2O4. The molecule has 1 atom stereocenters. The van der Waals surface area contributed by atoms with Crippen LogP contribution in [-0.2, 0) is 30.5 Å². The molecule has 1 aliphatic rings. The maximum Gasteiger partial charge on any atom is 0.416 e. The van der Waals surface area contributed by atoms with Gasteiger partial charge in [0.2, 0.25) is 0 Å². The molecule has 0 bridgehead atoms. The van der Waals surface area contributed by atoms with E-state index in [4.69, 9.17) is 11.6 Å². The Bertz CT molecular complexity index is 1960. The second-order valence-corrected chi connectivity index (χ2v) is 11.1. The lowest BCUT2D eigenvalue weighted by molar-refractivity contribution is -0.140. The van der Waals surface area contributed by atoms with Crippen LogP contribution in [0.4, 0.5) is 19.0 Å². The van der Waals surface area contributed by atoms with Crippen LogP contribution >= 0.6 is 11.6 Å². The number of aliphatic carboxylic acids is 1. The van der Waals surface area contributed by atoms with Crippen molar-refractivity contribution in [3.8, 4) is 11.1 Å². The maximum atomic E-state index is 13.9. The lowest BCUT2D eigenvalue weighted by atomic mass is 9.91. The van der Waals surface area contributed by atoms with E-state index in [9.17, 15) is 33.0 Å². The summed E-state index contributed by atoms with van der Waals surface area (Å²) in [4.78, 5) is 28.0. The normalized spacial score (nSPS) is 14.7. The Kier molecular flexibility index (Phi) is 7.69. The average Bonchev–Trinajstić information content (AvgIpc) is 3.39. The summed E-state index contributed by atoms with van der Waals surface area (Å²) in [6.07, 6.45) is -4.57. The highest BCUT2D eigenvalue weighted by Gasteiger charge is 2.39. The van der Waals surface area contributed by atoms with E-state index in [0.717, 1.165) is 38.6 Å². The number of fused-ring (bicyclic) bond motifs is 2. The van der Waals surface area contributed by atoms with Gasteiger partial charge in [-0.3, -0.25) is 9.36 Å². The summed E-state index contributed by atoms with van der Waals surface area (Å²) in [6.45, 7) is -0.0627. The van der Waals surface area contributed by atoms with Crippen LogP contribution in [0, 0.1) is 0 Å². The largest absolute Gasteiger partial charge is 0.480 e.